The van der Waals surface area contributed by atoms with E-state index >= 15 is 0 Å². The summed E-state index contributed by atoms with van der Waals surface area (Å²) in [6, 6.07) is -1.93. The largest absolute Gasteiger partial charge is 0.504 e. The van der Waals surface area contributed by atoms with Crippen molar-refractivity contribution in [2.24, 2.45) is 0 Å². The number of carbonyl (C=O) groups excluding carboxylic acids is 4. The maximum atomic E-state index is 12.6. The Hall–Kier alpha value is -5.07. The molecule has 1 unspecified atom stereocenters. The van der Waals surface area contributed by atoms with Crippen LogP contribution in [0.4, 0.5) is 14.4 Å². The number of urea groups is 2. The molecular formula is C18H17N7O11S. The number of fused-ring (bicyclic) bond motifs is 1. The number of phenols is 2. The second kappa shape index (κ2) is 8.86. The van der Waals surface area contributed by atoms with Crippen molar-refractivity contribution in [3.8, 4) is 11.5 Å². The van der Waals surface area contributed by atoms with Gasteiger partial charge in [0.1, 0.15) is 11.6 Å². The maximum Gasteiger partial charge on any atom is 0.405 e. The number of H-pyrrole nitrogens is 1. The van der Waals surface area contributed by atoms with Gasteiger partial charge in [0.05, 0.1) is 30.5 Å². The van der Waals surface area contributed by atoms with Gasteiger partial charge in [-0.3, -0.25) is 24.7 Å². The van der Waals surface area contributed by atoms with Crippen LogP contribution in [0.25, 0.3) is 10.9 Å². The highest BCUT2D eigenvalue weighted by Gasteiger charge is 2.45. The van der Waals surface area contributed by atoms with Crippen LogP contribution in [0.15, 0.2) is 23.1 Å². The molecular weight excluding hydrogens is 522 g/mol. The van der Waals surface area contributed by atoms with Crippen LogP contribution in [0, 0.1) is 0 Å². The molecule has 1 aromatic heterocycles. The number of hydrogen-bond donors (Lipinski definition) is 7. The Morgan fingerprint density at radius 1 is 1.05 bits per heavy atom. The number of benzene rings is 1. The lowest BCUT2D eigenvalue weighted by Gasteiger charge is -2.36. The fourth-order valence-corrected chi connectivity index (χ4v) is 4.59. The van der Waals surface area contributed by atoms with Gasteiger partial charge in [-0.1, -0.05) is 0 Å². The monoisotopic (exact) mass is 539 g/mol. The number of carbonyl (C=O) groups is 5. The van der Waals surface area contributed by atoms with Gasteiger partial charge in [-0.2, -0.15) is 8.42 Å². The molecule has 0 radical (unpaired) electrons. The molecule has 7 N–H and O–H groups in total. The van der Waals surface area contributed by atoms with E-state index in [9.17, 15) is 47.4 Å². The van der Waals surface area contributed by atoms with E-state index < -0.39 is 81.8 Å². The molecule has 2 fully saturated rings. The highest BCUT2D eigenvalue weighted by molar-refractivity contribution is 7.88. The first-order valence-corrected chi connectivity index (χ1v) is 11.6. The zero-order valence-electron chi connectivity index (χ0n) is 18.3. The molecule has 196 valence electrons. The number of hydrogen-bond acceptors (Lipinski definition) is 10. The van der Waals surface area contributed by atoms with Crippen molar-refractivity contribution in [1.82, 2.24) is 34.7 Å². The normalized spacial score (nSPS) is 17.5. The summed E-state index contributed by atoms with van der Waals surface area (Å²) in [6.45, 7) is -1.31. The highest BCUT2D eigenvalue weighted by Crippen LogP contribution is 2.27. The third-order valence-electron chi connectivity index (χ3n) is 5.41. The minimum absolute atomic E-state index is 0.104. The fraction of sp³-hybridized carbons (Fsp3) is 0.222. The molecule has 1 atom stereocenters. The Kier molecular flexibility index (Phi) is 5.99. The van der Waals surface area contributed by atoms with E-state index in [4.69, 9.17) is 5.11 Å². The number of phenolic OH excluding ortho intramolecular Hbond substituents is 2. The van der Waals surface area contributed by atoms with Crippen LogP contribution in [0.5, 0.6) is 11.5 Å². The molecule has 7 amide bonds. The quantitative estimate of drug-likeness (QED) is 0.158. The van der Waals surface area contributed by atoms with E-state index in [-0.39, 0.29) is 21.8 Å². The predicted octanol–water partition coefficient (Wildman–Crippen LogP) is -2.25. The number of pyridine rings is 1. The number of aromatic nitrogens is 1. The summed E-state index contributed by atoms with van der Waals surface area (Å²) in [5.74, 6) is -3.22. The SMILES string of the molecule is O=C(O)NC1CN(C(=O)NS(=O)(=O)N2CCN(NC(=O)c3c[nH]c4cc(O)c(O)cc4c3=O)C2=O)C1=O. The number of rotatable bonds is 5. The molecule has 2 aliphatic rings. The number of imide groups is 1. The Morgan fingerprint density at radius 3 is 2.38 bits per heavy atom. The van der Waals surface area contributed by atoms with Crippen LogP contribution in [-0.4, -0.2) is 98.6 Å². The molecule has 37 heavy (non-hydrogen) atoms. The number of aromatic amines is 1. The third kappa shape index (κ3) is 4.49. The summed E-state index contributed by atoms with van der Waals surface area (Å²) in [6.07, 6.45) is -0.526. The van der Waals surface area contributed by atoms with Gasteiger partial charge in [0.25, 0.3) is 11.8 Å². The second-order valence-electron chi connectivity index (χ2n) is 7.73. The van der Waals surface area contributed by atoms with Gasteiger partial charge in [-0.05, 0) is 6.07 Å². The zero-order valence-corrected chi connectivity index (χ0v) is 19.1. The average Bonchev–Trinajstić information content (AvgIpc) is 3.17. The summed E-state index contributed by atoms with van der Waals surface area (Å²) < 4.78 is 26.7. The first-order chi connectivity index (χ1) is 17.3. The number of carboxylic acid groups (broad SMARTS) is 1. The first kappa shape index (κ1) is 25.0. The van der Waals surface area contributed by atoms with Crippen molar-refractivity contribution in [3.05, 3.63) is 34.1 Å². The summed E-state index contributed by atoms with van der Waals surface area (Å²) in [4.78, 5) is 75.3. The van der Waals surface area contributed by atoms with Gasteiger partial charge < -0.3 is 25.6 Å². The summed E-state index contributed by atoms with van der Waals surface area (Å²) in [5, 5.41) is 30.0. The Balaban J connectivity index is 1.42. The lowest BCUT2D eigenvalue weighted by atomic mass is 10.1. The number of likely N-dealkylation sites (tertiary alicyclic amines) is 1. The van der Waals surface area contributed by atoms with E-state index in [1.807, 2.05) is 5.32 Å². The fourth-order valence-electron chi connectivity index (χ4n) is 3.53. The van der Waals surface area contributed by atoms with Gasteiger partial charge >= 0.3 is 28.4 Å². The van der Waals surface area contributed by atoms with Crippen LogP contribution < -0.4 is 20.9 Å². The number of amides is 7. The number of β-lactam (4-membered cyclic amide) rings is 1. The van der Waals surface area contributed by atoms with Gasteiger partial charge in [0.15, 0.2) is 11.5 Å². The molecule has 3 heterocycles. The minimum atomic E-state index is -4.83. The van der Waals surface area contributed by atoms with Crippen molar-refractivity contribution in [2.45, 2.75) is 6.04 Å². The molecule has 4 rings (SSSR count). The highest BCUT2D eigenvalue weighted by atomic mass is 32.2. The summed E-state index contributed by atoms with van der Waals surface area (Å²) in [7, 11) is -4.83. The molecule has 2 aliphatic heterocycles. The van der Waals surface area contributed by atoms with Gasteiger partial charge in [-0.15, -0.1) is 0 Å². The molecule has 2 saturated heterocycles. The molecule has 0 spiro atoms. The molecule has 18 nitrogen and oxygen atoms in total. The van der Waals surface area contributed by atoms with Crippen LogP contribution in [-0.2, 0) is 15.0 Å². The number of nitrogens with zero attached hydrogens (tertiary/aromatic N) is 3. The molecule has 1 aromatic carbocycles. The van der Waals surface area contributed by atoms with E-state index in [0.717, 1.165) is 18.3 Å². The van der Waals surface area contributed by atoms with Crippen LogP contribution in [0.3, 0.4) is 0 Å². The number of hydrazine groups is 1. The summed E-state index contributed by atoms with van der Waals surface area (Å²) >= 11 is 0. The smallest absolute Gasteiger partial charge is 0.405 e. The van der Waals surface area contributed by atoms with E-state index in [2.05, 4.69) is 10.4 Å². The van der Waals surface area contributed by atoms with Crippen molar-refractivity contribution >= 4 is 51.1 Å². The molecule has 0 bridgehead atoms. The zero-order chi connectivity index (χ0) is 27.2. The van der Waals surface area contributed by atoms with Crippen LogP contribution in [0.1, 0.15) is 10.4 Å². The van der Waals surface area contributed by atoms with Crippen LogP contribution in [0.2, 0.25) is 0 Å². The van der Waals surface area contributed by atoms with E-state index in [1.54, 1.807) is 0 Å². The third-order valence-corrected chi connectivity index (χ3v) is 6.76. The van der Waals surface area contributed by atoms with Crippen molar-refractivity contribution in [2.75, 3.05) is 19.6 Å². The van der Waals surface area contributed by atoms with Gasteiger partial charge in [-0.25, -0.2) is 28.4 Å². The topological polar surface area (TPSA) is 259 Å². The predicted molar refractivity (Wildman–Crippen MR) is 118 cm³/mol. The van der Waals surface area contributed by atoms with Crippen molar-refractivity contribution in [3.63, 3.8) is 0 Å². The van der Waals surface area contributed by atoms with Crippen molar-refractivity contribution in [1.29, 1.82) is 0 Å². The van der Waals surface area contributed by atoms with E-state index in [0.29, 0.717) is 9.91 Å². The molecule has 0 saturated carbocycles. The Bertz CT molecular complexity index is 1540. The van der Waals surface area contributed by atoms with E-state index in [1.165, 1.54) is 4.72 Å². The van der Waals surface area contributed by atoms with Crippen LogP contribution >= 0.6 is 0 Å². The van der Waals surface area contributed by atoms with Crippen molar-refractivity contribution < 1.29 is 47.7 Å². The second-order valence-corrected chi connectivity index (χ2v) is 9.32. The first-order valence-electron chi connectivity index (χ1n) is 10.1. The lowest BCUT2D eigenvalue weighted by molar-refractivity contribution is -0.138. The maximum absolute atomic E-state index is 12.6. The molecule has 0 aliphatic carbocycles. The number of aromatic hydroxyl groups is 2. The molecule has 19 heteroatoms. The standard InChI is InChI=1S/C18H17N7O11S/c26-11-3-7-9(4-12(11)27)19-5-8(13(7)28)14(29)21-24-1-2-25(18(24)34)37(35,36)22-16(31)23-6-10(15(23)30)20-17(32)33/h3-5,10,20,26-27H,1-2,6H2,(H,19,28)(H,21,29)(H,22,31)(H,32,33). The average molecular weight is 539 g/mol. The minimum Gasteiger partial charge on any atom is -0.504 e. The number of nitrogens with one attached hydrogen (secondary N) is 4. The Morgan fingerprint density at radius 2 is 1.73 bits per heavy atom. The van der Waals surface area contributed by atoms with Gasteiger partial charge in [0.2, 0.25) is 5.43 Å². The Labute approximate surface area is 205 Å². The lowest BCUT2D eigenvalue weighted by Crippen LogP contribution is -2.67. The van der Waals surface area contributed by atoms with Gasteiger partial charge in [0, 0.05) is 12.3 Å². The molecule has 2 aromatic rings. The summed E-state index contributed by atoms with van der Waals surface area (Å²) in [5.41, 5.74) is 0.818.